The summed E-state index contributed by atoms with van der Waals surface area (Å²) in [5.74, 6) is -0.300. The van der Waals surface area contributed by atoms with Gasteiger partial charge in [-0.25, -0.2) is 4.79 Å². The fourth-order valence-corrected chi connectivity index (χ4v) is 4.98. The smallest absolute Gasteiger partial charge is 0.330 e. The van der Waals surface area contributed by atoms with Gasteiger partial charge in [0.05, 0.1) is 12.7 Å². The van der Waals surface area contributed by atoms with Gasteiger partial charge in [-0.05, 0) is 92.6 Å². The number of rotatable bonds is 7. The molecule has 0 spiro atoms. The summed E-state index contributed by atoms with van der Waals surface area (Å²) in [5.41, 5.74) is 6.21. The van der Waals surface area contributed by atoms with Crippen LogP contribution >= 0.6 is 0 Å². The van der Waals surface area contributed by atoms with E-state index in [9.17, 15) is 4.79 Å². The summed E-state index contributed by atoms with van der Waals surface area (Å²) in [4.78, 5) is 11.5. The number of allylic oxidation sites excluding steroid dienone is 5. The van der Waals surface area contributed by atoms with Crippen LogP contribution in [-0.4, -0.2) is 20.9 Å². The zero-order chi connectivity index (χ0) is 22.5. The van der Waals surface area contributed by atoms with E-state index in [1.807, 2.05) is 26.0 Å². The van der Waals surface area contributed by atoms with Crippen molar-refractivity contribution in [3.8, 4) is 0 Å². The fraction of sp³-hybridized carbons (Fsp3) is 0.500. The summed E-state index contributed by atoms with van der Waals surface area (Å²) in [5, 5.41) is 0. The predicted octanol–water partition coefficient (Wildman–Crippen LogP) is 7.12. The molecule has 1 unspecified atom stereocenters. The third kappa shape index (κ3) is 6.81. The van der Waals surface area contributed by atoms with Crippen LogP contribution in [0.4, 0.5) is 0 Å². The molecule has 164 valence electrons. The molecule has 0 aromatic heterocycles. The maximum absolute atomic E-state index is 11.5. The van der Waals surface area contributed by atoms with Crippen LogP contribution in [0, 0.1) is 0 Å². The highest BCUT2D eigenvalue weighted by Crippen LogP contribution is 2.44. The average molecular weight is 427 g/mol. The van der Waals surface area contributed by atoms with Gasteiger partial charge < -0.3 is 9.16 Å². The van der Waals surface area contributed by atoms with Crippen LogP contribution in [0.25, 0.3) is 5.57 Å². The summed E-state index contributed by atoms with van der Waals surface area (Å²) < 4.78 is 11.5. The van der Waals surface area contributed by atoms with Crippen LogP contribution < -0.4 is 0 Å². The van der Waals surface area contributed by atoms with Crippen molar-refractivity contribution in [2.45, 2.75) is 78.6 Å². The second kappa shape index (κ2) is 9.93. The number of esters is 1. The largest absolute Gasteiger partial charge is 0.463 e. The molecule has 1 atom stereocenters. The predicted molar refractivity (Wildman–Crippen MR) is 129 cm³/mol. The van der Waals surface area contributed by atoms with Crippen molar-refractivity contribution >= 4 is 19.9 Å². The van der Waals surface area contributed by atoms with Crippen molar-refractivity contribution in [1.82, 2.24) is 0 Å². The molecular formula is C26H38O3Si. The summed E-state index contributed by atoms with van der Waals surface area (Å²) in [6.07, 6.45) is 9.94. The molecule has 0 radical (unpaired) electrons. The topological polar surface area (TPSA) is 35.5 Å². The van der Waals surface area contributed by atoms with E-state index in [2.05, 4.69) is 64.7 Å². The Morgan fingerprint density at radius 3 is 2.57 bits per heavy atom. The summed E-state index contributed by atoms with van der Waals surface area (Å²) in [6, 6.07) is 6.83. The first-order valence-corrected chi connectivity index (χ1v) is 14.4. The number of ether oxygens (including phenoxy) is 1. The highest BCUT2D eigenvalue weighted by atomic mass is 28.4. The van der Waals surface area contributed by atoms with Crippen LogP contribution in [0.2, 0.25) is 19.6 Å². The Kier molecular flexibility index (Phi) is 8.06. The second-order valence-corrected chi connectivity index (χ2v) is 14.3. The first kappa shape index (κ1) is 24.4. The molecule has 0 heterocycles. The number of hydrogen-bond acceptors (Lipinski definition) is 3. The number of carbonyl (C=O) groups excluding carboxylic acids is 1. The fourth-order valence-electron chi connectivity index (χ4n) is 3.88. The maximum atomic E-state index is 11.5. The van der Waals surface area contributed by atoms with E-state index in [0.717, 1.165) is 18.4 Å². The van der Waals surface area contributed by atoms with Crippen molar-refractivity contribution in [3.63, 3.8) is 0 Å². The molecule has 1 aliphatic rings. The standard InChI is InChI=1S/C26H38O3Si/c1-9-28-25(27)17-19(2)11-10-12-20(3)21-13-14-23-22(18-21)24(29-30(6,7)8)15-16-26(23,4)5/h10-14,17-18,24H,9,15-16H2,1-8H3. The van der Waals surface area contributed by atoms with Gasteiger partial charge in [-0.3, -0.25) is 0 Å². The van der Waals surface area contributed by atoms with Gasteiger partial charge in [0, 0.05) is 6.08 Å². The number of hydrogen-bond donors (Lipinski definition) is 0. The SMILES string of the molecule is CCOC(=O)C=C(C)C=CC=C(C)c1ccc2c(c1)C(O[Si](C)(C)C)CCC2(C)C. The quantitative estimate of drug-likeness (QED) is 0.201. The van der Waals surface area contributed by atoms with Gasteiger partial charge >= 0.3 is 5.97 Å². The lowest BCUT2D eigenvalue weighted by atomic mass is 9.71. The molecule has 0 fully saturated rings. The molecule has 4 heteroatoms. The minimum atomic E-state index is -1.63. The Morgan fingerprint density at radius 2 is 1.93 bits per heavy atom. The molecule has 0 N–H and O–H groups in total. The van der Waals surface area contributed by atoms with E-state index in [-0.39, 0.29) is 17.5 Å². The summed E-state index contributed by atoms with van der Waals surface area (Å²) in [6.45, 7) is 17.7. The third-order valence-electron chi connectivity index (χ3n) is 5.45. The third-order valence-corrected chi connectivity index (χ3v) is 6.44. The van der Waals surface area contributed by atoms with Gasteiger partial charge in [0.2, 0.25) is 0 Å². The zero-order valence-corrected chi connectivity index (χ0v) is 21.0. The lowest BCUT2D eigenvalue weighted by Crippen LogP contribution is -2.33. The maximum Gasteiger partial charge on any atom is 0.330 e. The minimum Gasteiger partial charge on any atom is -0.463 e. The monoisotopic (exact) mass is 426 g/mol. The Balaban J connectivity index is 2.28. The van der Waals surface area contributed by atoms with Crippen molar-refractivity contribution in [2.75, 3.05) is 6.61 Å². The van der Waals surface area contributed by atoms with E-state index < -0.39 is 8.32 Å². The van der Waals surface area contributed by atoms with E-state index in [1.54, 1.807) is 0 Å². The number of carbonyl (C=O) groups is 1. The van der Waals surface area contributed by atoms with Crippen LogP contribution in [0.15, 0.2) is 48.1 Å². The lowest BCUT2D eigenvalue weighted by Gasteiger charge is -2.39. The molecule has 30 heavy (non-hydrogen) atoms. The van der Waals surface area contributed by atoms with E-state index >= 15 is 0 Å². The molecule has 1 aromatic carbocycles. The molecule has 1 aromatic rings. The molecule has 0 amide bonds. The Bertz CT molecular complexity index is 854. The molecule has 0 aliphatic heterocycles. The van der Waals surface area contributed by atoms with Crippen LogP contribution in [0.3, 0.4) is 0 Å². The van der Waals surface area contributed by atoms with Gasteiger partial charge in [0.25, 0.3) is 0 Å². The van der Waals surface area contributed by atoms with Gasteiger partial charge in [-0.2, -0.15) is 0 Å². The average Bonchev–Trinajstić information content (AvgIpc) is 2.63. The summed E-state index contributed by atoms with van der Waals surface area (Å²) >= 11 is 0. The van der Waals surface area contributed by atoms with Gasteiger partial charge in [0.15, 0.2) is 8.32 Å². The minimum absolute atomic E-state index is 0.180. The highest BCUT2D eigenvalue weighted by molar-refractivity contribution is 6.69. The second-order valence-electron chi connectivity index (χ2n) is 9.79. The number of fused-ring (bicyclic) bond motifs is 1. The molecule has 3 nitrogen and oxygen atoms in total. The summed E-state index contributed by atoms with van der Waals surface area (Å²) in [7, 11) is -1.63. The molecular weight excluding hydrogens is 388 g/mol. The van der Waals surface area contributed by atoms with Gasteiger partial charge in [-0.1, -0.05) is 44.2 Å². The van der Waals surface area contributed by atoms with E-state index in [0.29, 0.717) is 6.61 Å². The van der Waals surface area contributed by atoms with Crippen LogP contribution in [0.1, 0.15) is 70.3 Å². The van der Waals surface area contributed by atoms with Gasteiger partial charge in [-0.15, -0.1) is 0 Å². The number of benzene rings is 1. The van der Waals surface area contributed by atoms with Gasteiger partial charge in [0.1, 0.15) is 0 Å². The first-order chi connectivity index (χ1) is 13.9. The van der Waals surface area contributed by atoms with Crippen molar-refractivity contribution < 1.29 is 14.0 Å². The highest BCUT2D eigenvalue weighted by Gasteiger charge is 2.35. The molecule has 1 aliphatic carbocycles. The van der Waals surface area contributed by atoms with Crippen molar-refractivity contribution in [1.29, 1.82) is 0 Å². The molecule has 0 saturated heterocycles. The Hall–Kier alpha value is -1.91. The molecule has 0 saturated carbocycles. The zero-order valence-electron chi connectivity index (χ0n) is 20.0. The van der Waals surface area contributed by atoms with Crippen LogP contribution in [-0.2, 0) is 19.4 Å². The Morgan fingerprint density at radius 1 is 1.23 bits per heavy atom. The van der Waals surface area contributed by atoms with E-state index in [4.69, 9.17) is 9.16 Å². The van der Waals surface area contributed by atoms with E-state index in [1.165, 1.54) is 28.3 Å². The molecule has 0 bridgehead atoms. The normalized spacial score (nSPS) is 19.7. The Labute approximate surface area is 184 Å². The first-order valence-electron chi connectivity index (χ1n) is 11.0. The van der Waals surface area contributed by atoms with Crippen LogP contribution in [0.5, 0.6) is 0 Å². The van der Waals surface area contributed by atoms with Crippen molar-refractivity contribution in [3.05, 3.63) is 64.8 Å². The lowest BCUT2D eigenvalue weighted by molar-refractivity contribution is -0.137. The van der Waals surface area contributed by atoms with Crippen molar-refractivity contribution in [2.24, 2.45) is 0 Å². The molecule has 2 rings (SSSR count).